The molecular formula is C13H15NO2. The van der Waals surface area contributed by atoms with Gasteiger partial charge in [-0.05, 0) is 36.6 Å². The summed E-state index contributed by atoms with van der Waals surface area (Å²) in [5.41, 5.74) is 1.47. The van der Waals surface area contributed by atoms with Crippen LogP contribution < -0.4 is 4.74 Å². The van der Waals surface area contributed by atoms with E-state index in [1.807, 2.05) is 29.9 Å². The summed E-state index contributed by atoms with van der Waals surface area (Å²) < 4.78 is 7.43. The third kappa shape index (κ3) is 1.25. The monoisotopic (exact) mass is 217 g/mol. The number of rotatable bonds is 2. The highest BCUT2D eigenvalue weighted by Gasteiger charge is 2.42. The molecule has 1 aliphatic carbocycles. The highest BCUT2D eigenvalue weighted by Crippen LogP contribution is 2.47. The van der Waals surface area contributed by atoms with Crippen molar-refractivity contribution < 1.29 is 9.84 Å². The lowest BCUT2D eigenvalue weighted by Crippen LogP contribution is -2.04. The Morgan fingerprint density at radius 2 is 2.12 bits per heavy atom. The Bertz CT molecular complexity index is 552. The van der Waals surface area contributed by atoms with Crippen molar-refractivity contribution >= 4 is 10.9 Å². The Hall–Kier alpha value is -1.48. The van der Waals surface area contributed by atoms with Crippen LogP contribution in [0.3, 0.4) is 0 Å². The molecule has 16 heavy (non-hydrogen) atoms. The quantitative estimate of drug-likeness (QED) is 0.836. The molecule has 0 radical (unpaired) electrons. The average molecular weight is 217 g/mol. The van der Waals surface area contributed by atoms with Crippen LogP contribution >= 0.6 is 0 Å². The predicted molar refractivity (Wildman–Crippen MR) is 62.6 cm³/mol. The van der Waals surface area contributed by atoms with Gasteiger partial charge in [-0.15, -0.1) is 0 Å². The Kier molecular flexibility index (Phi) is 1.83. The summed E-state index contributed by atoms with van der Waals surface area (Å²) in [6.07, 6.45) is 3.71. The fraction of sp³-hybridized carbons (Fsp3) is 0.385. The number of aliphatic hydroxyl groups is 1. The second kappa shape index (κ2) is 3.01. The van der Waals surface area contributed by atoms with E-state index in [4.69, 9.17) is 4.74 Å². The van der Waals surface area contributed by atoms with Crippen LogP contribution in [0.1, 0.15) is 18.4 Å². The van der Waals surface area contributed by atoms with Gasteiger partial charge in [-0.1, -0.05) is 0 Å². The normalized spacial score (nSPS) is 17.7. The van der Waals surface area contributed by atoms with Crippen LogP contribution in [0, 0.1) is 0 Å². The molecule has 0 atom stereocenters. The lowest BCUT2D eigenvalue weighted by molar-refractivity contribution is 0.151. The van der Waals surface area contributed by atoms with Crippen molar-refractivity contribution in [3.05, 3.63) is 30.0 Å². The zero-order valence-corrected chi connectivity index (χ0v) is 9.53. The minimum absolute atomic E-state index is 0.605. The van der Waals surface area contributed by atoms with Gasteiger partial charge in [0.1, 0.15) is 5.75 Å². The first-order valence-corrected chi connectivity index (χ1v) is 5.50. The molecule has 84 valence electrons. The largest absolute Gasteiger partial charge is 0.496 e. The predicted octanol–water partition coefficient (Wildman–Crippen LogP) is 2.17. The van der Waals surface area contributed by atoms with Crippen molar-refractivity contribution in [2.75, 3.05) is 7.11 Å². The van der Waals surface area contributed by atoms with E-state index in [2.05, 4.69) is 6.07 Å². The van der Waals surface area contributed by atoms with E-state index < -0.39 is 5.60 Å². The molecule has 0 spiro atoms. The number of fused-ring (bicyclic) bond motifs is 1. The highest BCUT2D eigenvalue weighted by atomic mass is 16.5. The maximum absolute atomic E-state index is 10.1. The van der Waals surface area contributed by atoms with Gasteiger partial charge in [-0.25, -0.2) is 0 Å². The molecule has 1 fully saturated rings. The fourth-order valence-corrected chi connectivity index (χ4v) is 2.18. The van der Waals surface area contributed by atoms with Crippen molar-refractivity contribution in [2.24, 2.45) is 7.05 Å². The molecule has 1 aromatic heterocycles. The van der Waals surface area contributed by atoms with Gasteiger partial charge in [0.2, 0.25) is 0 Å². The Labute approximate surface area is 94.3 Å². The molecule has 1 aromatic carbocycles. The number of benzene rings is 1. The number of ether oxygens (including phenoxy) is 1. The van der Waals surface area contributed by atoms with Crippen LogP contribution in [0.2, 0.25) is 0 Å². The van der Waals surface area contributed by atoms with Crippen molar-refractivity contribution in [1.82, 2.24) is 4.57 Å². The Balaban J connectivity index is 2.28. The number of hydrogen-bond acceptors (Lipinski definition) is 2. The van der Waals surface area contributed by atoms with Gasteiger partial charge in [0.15, 0.2) is 0 Å². The van der Waals surface area contributed by atoms with E-state index in [0.29, 0.717) is 0 Å². The van der Waals surface area contributed by atoms with Crippen LogP contribution in [-0.4, -0.2) is 16.8 Å². The fourth-order valence-electron chi connectivity index (χ4n) is 2.18. The lowest BCUT2D eigenvalue weighted by atomic mass is 10.1. The molecule has 3 heteroatoms. The molecule has 1 N–H and O–H groups in total. The number of aryl methyl sites for hydroxylation is 1. The van der Waals surface area contributed by atoms with Crippen LogP contribution in [0.4, 0.5) is 0 Å². The second-order valence-corrected chi connectivity index (χ2v) is 4.57. The van der Waals surface area contributed by atoms with E-state index in [1.165, 1.54) is 0 Å². The van der Waals surface area contributed by atoms with Crippen LogP contribution in [0.5, 0.6) is 5.75 Å². The first-order valence-electron chi connectivity index (χ1n) is 5.50. The molecule has 1 aliphatic rings. The lowest BCUT2D eigenvalue weighted by Gasteiger charge is -2.12. The van der Waals surface area contributed by atoms with E-state index in [1.54, 1.807) is 7.11 Å². The third-order valence-electron chi connectivity index (χ3n) is 3.45. The van der Waals surface area contributed by atoms with Gasteiger partial charge in [-0.3, -0.25) is 0 Å². The van der Waals surface area contributed by atoms with E-state index in [9.17, 15) is 5.11 Å². The minimum atomic E-state index is -0.605. The summed E-state index contributed by atoms with van der Waals surface area (Å²) in [4.78, 5) is 0. The second-order valence-electron chi connectivity index (χ2n) is 4.57. The highest BCUT2D eigenvalue weighted by molar-refractivity contribution is 5.87. The van der Waals surface area contributed by atoms with Gasteiger partial charge in [0.25, 0.3) is 0 Å². The zero-order chi connectivity index (χ0) is 11.3. The molecule has 0 amide bonds. The van der Waals surface area contributed by atoms with Gasteiger partial charge < -0.3 is 14.4 Å². The smallest absolute Gasteiger partial charge is 0.128 e. The minimum Gasteiger partial charge on any atom is -0.496 e. The molecule has 2 aromatic rings. The van der Waals surface area contributed by atoms with Crippen LogP contribution in [0.25, 0.3) is 10.9 Å². The SMILES string of the molecule is COc1cc(C2(O)CC2)cc2c1ccn2C. The number of nitrogens with zero attached hydrogens (tertiary/aromatic N) is 1. The summed E-state index contributed by atoms with van der Waals surface area (Å²) >= 11 is 0. The van der Waals surface area contributed by atoms with Gasteiger partial charge >= 0.3 is 0 Å². The van der Waals surface area contributed by atoms with Crippen molar-refractivity contribution in [2.45, 2.75) is 18.4 Å². The number of methoxy groups -OCH3 is 1. The number of hydrogen-bond donors (Lipinski definition) is 1. The summed E-state index contributed by atoms with van der Waals surface area (Å²) in [5, 5.41) is 11.2. The van der Waals surface area contributed by atoms with E-state index in [0.717, 1.165) is 35.1 Å². The van der Waals surface area contributed by atoms with Gasteiger partial charge in [0, 0.05) is 18.6 Å². The zero-order valence-electron chi connectivity index (χ0n) is 9.53. The molecular weight excluding hydrogens is 202 g/mol. The van der Waals surface area contributed by atoms with Gasteiger partial charge in [0.05, 0.1) is 18.2 Å². The van der Waals surface area contributed by atoms with Crippen molar-refractivity contribution in [3.63, 3.8) is 0 Å². The maximum Gasteiger partial charge on any atom is 0.128 e. The first-order chi connectivity index (χ1) is 7.64. The summed E-state index contributed by atoms with van der Waals surface area (Å²) in [6.45, 7) is 0. The molecule has 0 aliphatic heterocycles. The topological polar surface area (TPSA) is 34.4 Å². The average Bonchev–Trinajstić information content (AvgIpc) is 2.93. The molecule has 1 heterocycles. The standard InChI is InChI=1S/C13H15NO2/c1-14-6-3-10-11(14)7-9(8-12(10)16-2)13(15)4-5-13/h3,6-8,15H,4-5H2,1-2H3. The number of aromatic nitrogens is 1. The van der Waals surface area contributed by atoms with Gasteiger partial charge in [-0.2, -0.15) is 0 Å². The Morgan fingerprint density at radius 3 is 2.75 bits per heavy atom. The molecule has 1 saturated carbocycles. The summed E-state index contributed by atoms with van der Waals surface area (Å²) in [7, 11) is 3.67. The van der Waals surface area contributed by atoms with Crippen LogP contribution in [-0.2, 0) is 12.6 Å². The Morgan fingerprint density at radius 1 is 1.38 bits per heavy atom. The summed E-state index contributed by atoms with van der Waals surface area (Å²) in [6, 6.07) is 6.05. The molecule has 0 bridgehead atoms. The maximum atomic E-state index is 10.1. The third-order valence-corrected chi connectivity index (χ3v) is 3.45. The molecule has 0 unspecified atom stereocenters. The van der Waals surface area contributed by atoms with Crippen molar-refractivity contribution in [1.29, 1.82) is 0 Å². The van der Waals surface area contributed by atoms with E-state index in [-0.39, 0.29) is 0 Å². The van der Waals surface area contributed by atoms with E-state index >= 15 is 0 Å². The summed E-state index contributed by atoms with van der Waals surface area (Å²) in [5.74, 6) is 0.841. The molecule has 3 rings (SSSR count). The molecule has 3 nitrogen and oxygen atoms in total. The van der Waals surface area contributed by atoms with Crippen LogP contribution in [0.15, 0.2) is 24.4 Å². The molecule has 0 saturated heterocycles. The first kappa shape index (κ1) is 9.73. The van der Waals surface area contributed by atoms with Crippen molar-refractivity contribution in [3.8, 4) is 5.75 Å².